The van der Waals surface area contributed by atoms with Gasteiger partial charge >= 0.3 is 6.18 Å². The van der Waals surface area contributed by atoms with Gasteiger partial charge in [0.25, 0.3) is 5.91 Å². The second-order valence-corrected chi connectivity index (χ2v) is 10.5. The fourth-order valence-electron chi connectivity index (χ4n) is 3.46. The number of carbonyl (C=O) groups excluding carboxylic acids is 1. The smallest absolute Gasteiger partial charge is 0.394 e. The Hall–Kier alpha value is -3.00. The molecule has 0 aliphatic carbocycles. The number of hydrogen-bond acceptors (Lipinski definition) is 8. The van der Waals surface area contributed by atoms with E-state index in [4.69, 9.17) is 10.5 Å². The molecule has 0 radical (unpaired) electrons. The first-order valence-corrected chi connectivity index (χ1v) is 13.2. The Balaban J connectivity index is 1.77. The molecule has 37 heavy (non-hydrogen) atoms. The van der Waals surface area contributed by atoms with Crippen molar-refractivity contribution in [2.75, 3.05) is 31.8 Å². The zero-order valence-electron chi connectivity index (χ0n) is 19.9. The van der Waals surface area contributed by atoms with Gasteiger partial charge in [0.05, 0.1) is 23.2 Å². The highest BCUT2D eigenvalue weighted by atomic mass is 32.2. The quantitative estimate of drug-likeness (QED) is 0.277. The van der Waals surface area contributed by atoms with E-state index in [9.17, 15) is 27.3 Å². The molecule has 2 atom stereocenters. The lowest BCUT2D eigenvalue weighted by Gasteiger charge is -2.20. The number of likely N-dealkylation sites (N-methyl/N-ethyl adjacent to an activating group) is 1. The minimum atomic E-state index is -4.62. The van der Waals surface area contributed by atoms with Gasteiger partial charge < -0.3 is 25.8 Å². The van der Waals surface area contributed by atoms with Crippen LogP contribution >= 0.6 is 11.8 Å². The molecule has 1 aliphatic rings. The number of thioether (sulfide) groups is 1. The van der Waals surface area contributed by atoms with Crippen molar-refractivity contribution >= 4 is 51.6 Å². The number of nitrogens with one attached hydrogen (secondary N) is 2. The van der Waals surface area contributed by atoms with Gasteiger partial charge in [0.2, 0.25) is 0 Å². The molecule has 0 fully saturated rings. The molecule has 1 amide bonds. The molecule has 0 bridgehead atoms. The average molecular weight is 555 g/mol. The normalized spacial score (nSPS) is 16.5. The van der Waals surface area contributed by atoms with E-state index in [0.717, 1.165) is 24.0 Å². The van der Waals surface area contributed by atoms with Crippen molar-refractivity contribution in [2.45, 2.75) is 23.7 Å². The average Bonchev–Trinajstić information content (AvgIpc) is 3.22. The van der Waals surface area contributed by atoms with E-state index < -0.39 is 41.2 Å². The van der Waals surface area contributed by atoms with Crippen molar-refractivity contribution < 1.29 is 32.4 Å². The monoisotopic (exact) mass is 554 g/mol. The number of rotatable bonds is 9. The number of anilines is 1. The zero-order chi connectivity index (χ0) is 27.3. The molecule has 13 heteroatoms. The van der Waals surface area contributed by atoms with Crippen molar-refractivity contribution in [3.05, 3.63) is 63.6 Å². The molecule has 1 heterocycles. The Morgan fingerprint density at radius 1 is 1.27 bits per heavy atom. The third-order valence-electron chi connectivity index (χ3n) is 5.35. The molecule has 198 valence electrons. The standard InChI is InChI=1S/C24H25F3N4O4S2/c1-31(12-17(33)13-32)23-30-22(34)21(36-23)8-14-3-6-20(16(7-14)10-28)29-11-15-4-5-18(37(2)35)9-19(15)24(25,26)27/h3-10,17,28-29,32-33H,11-13H2,1-2H3/b21-8-,28-10?. The Labute approximate surface area is 218 Å². The lowest BCUT2D eigenvalue weighted by Crippen LogP contribution is -2.33. The summed E-state index contributed by atoms with van der Waals surface area (Å²) in [5.74, 6) is -0.472. The molecule has 1 aliphatic heterocycles. The van der Waals surface area contributed by atoms with Crippen LogP contribution in [-0.4, -0.2) is 69.2 Å². The highest BCUT2D eigenvalue weighted by molar-refractivity contribution is 8.18. The maximum absolute atomic E-state index is 13.6. The summed E-state index contributed by atoms with van der Waals surface area (Å²) in [5, 5.41) is 29.6. The van der Waals surface area contributed by atoms with Crippen LogP contribution in [0.5, 0.6) is 0 Å². The van der Waals surface area contributed by atoms with E-state index in [2.05, 4.69) is 10.3 Å². The summed E-state index contributed by atoms with van der Waals surface area (Å²) < 4.78 is 52.3. The van der Waals surface area contributed by atoms with Gasteiger partial charge in [-0.2, -0.15) is 18.2 Å². The lowest BCUT2D eigenvalue weighted by atomic mass is 10.1. The number of alkyl halides is 3. The fraction of sp³-hybridized carbons (Fsp3) is 0.292. The predicted octanol–water partition coefficient (Wildman–Crippen LogP) is 3.31. The SMILES string of the molecule is CN(CC(O)CO)C1=NC(=O)/C(=C/c2ccc(NCc3ccc(S(C)=O)cc3C(F)(F)F)c(C=N)c2)S1. The van der Waals surface area contributed by atoms with E-state index in [1.807, 2.05) is 0 Å². The predicted molar refractivity (Wildman–Crippen MR) is 139 cm³/mol. The van der Waals surface area contributed by atoms with Crippen LogP contribution < -0.4 is 5.32 Å². The van der Waals surface area contributed by atoms with Crippen LogP contribution in [0.4, 0.5) is 18.9 Å². The van der Waals surface area contributed by atoms with Crippen LogP contribution in [-0.2, 0) is 28.3 Å². The summed E-state index contributed by atoms with van der Waals surface area (Å²) in [5.41, 5.74) is 0.494. The van der Waals surface area contributed by atoms with Crippen molar-refractivity contribution in [1.29, 1.82) is 5.41 Å². The maximum atomic E-state index is 13.6. The van der Waals surface area contributed by atoms with E-state index in [1.54, 1.807) is 36.2 Å². The molecule has 0 aromatic heterocycles. The number of benzene rings is 2. The molecule has 2 aromatic carbocycles. The number of amides is 1. The second kappa shape index (κ2) is 12.0. The van der Waals surface area contributed by atoms with Gasteiger partial charge in [-0.25, -0.2) is 0 Å². The third-order valence-corrected chi connectivity index (χ3v) is 7.36. The number of carbonyl (C=O) groups is 1. The number of hydrogen-bond donors (Lipinski definition) is 4. The number of aliphatic hydroxyl groups is 2. The van der Waals surface area contributed by atoms with Crippen LogP contribution in [0.2, 0.25) is 0 Å². The summed E-state index contributed by atoms with van der Waals surface area (Å²) in [6, 6.07) is 8.43. The largest absolute Gasteiger partial charge is 0.416 e. The highest BCUT2D eigenvalue weighted by Gasteiger charge is 2.33. The molecule has 2 aromatic rings. The molecule has 0 saturated heterocycles. The Morgan fingerprint density at radius 3 is 2.62 bits per heavy atom. The molecule has 8 nitrogen and oxygen atoms in total. The zero-order valence-corrected chi connectivity index (χ0v) is 21.5. The fourth-order valence-corrected chi connectivity index (χ4v) is 4.89. The molecule has 0 saturated carbocycles. The summed E-state index contributed by atoms with van der Waals surface area (Å²) in [4.78, 5) is 18.2. The van der Waals surface area contributed by atoms with E-state index in [0.29, 0.717) is 26.9 Å². The van der Waals surface area contributed by atoms with Gasteiger partial charge in [-0.05, 0) is 53.2 Å². The first-order chi connectivity index (χ1) is 17.4. The van der Waals surface area contributed by atoms with E-state index >= 15 is 0 Å². The number of aliphatic imine (C=N–C) groups is 1. The van der Waals surface area contributed by atoms with Gasteiger partial charge in [0.15, 0.2) is 5.17 Å². The molecule has 4 N–H and O–H groups in total. The van der Waals surface area contributed by atoms with Crippen LogP contribution in [0.15, 0.2) is 51.2 Å². The minimum absolute atomic E-state index is 0.0307. The van der Waals surface area contributed by atoms with Crippen LogP contribution in [0.3, 0.4) is 0 Å². The van der Waals surface area contributed by atoms with Gasteiger partial charge in [-0.15, -0.1) is 0 Å². The van der Waals surface area contributed by atoms with Crippen LogP contribution in [0.25, 0.3) is 6.08 Å². The molecule has 0 spiro atoms. The highest BCUT2D eigenvalue weighted by Crippen LogP contribution is 2.34. The van der Waals surface area contributed by atoms with Gasteiger partial charge in [0.1, 0.15) is 0 Å². The Kier molecular flexibility index (Phi) is 9.29. The Bertz CT molecular complexity index is 1280. The maximum Gasteiger partial charge on any atom is 0.416 e. The topological polar surface area (TPSA) is 126 Å². The van der Waals surface area contributed by atoms with Gasteiger partial charge in [-0.1, -0.05) is 12.1 Å². The van der Waals surface area contributed by atoms with Crippen molar-refractivity contribution in [2.24, 2.45) is 4.99 Å². The lowest BCUT2D eigenvalue weighted by molar-refractivity contribution is -0.138. The number of amidine groups is 1. The van der Waals surface area contributed by atoms with Gasteiger partial charge in [0, 0.05) is 59.6 Å². The van der Waals surface area contributed by atoms with Crippen molar-refractivity contribution in [3.8, 4) is 0 Å². The van der Waals surface area contributed by atoms with Gasteiger partial charge in [-0.3, -0.25) is 9.00 Å². The molecule has 2 unspecified atom stereocenters. The molecular weight excluding hydrogens is 529 g/mol. The van der Waals surface area contributed by atoms with Crippen molar-refractivity contribution in [1.82, 2.24) is 4.90 Å². The summed E-state index contributed by atoms with van der Waals surface area (Å²) in [6.07, 6.45) is -1.66. The number of halogens is 3. The Morgan fingerprint density at radius 2 is 2.00 bits per heavy atom. The first kappa shape index (κ1) is 28.6. The van der Waals surface area contributed by atoms with E-state index in [-0.39, 0.29) is 23.5 Å². The summed E-state index contributed by atoms with van der Waals surface area (Å²) >= 11 is 1.10. The van der Waals surface area contributed by atoms with Crippen LogP contribution in [0.1, 0.15) is 22.3 Å². The second-order valence-electron chi connectivity index (χ2n) is 8.14. The third kappa shape index (κ3) is 7.28. The molecule has 3 rings (SSSR count). The number of aliphatic hydroxyl groups excluding tert-OH is 2. The van der Waals surface area contributed by atoms with Crippen molar-refractivity contribution in [3.63, 3.8) is 0 Å². The first-order valence-electron chi connectivity index (χ1n) is 10.9. The van der Waals surface area contributed by atoms with E-state index in [1.165, 1.54) is 18.4 Å². The minimum Gasteiger partial charge on any atom is -0.394 e. The summed E-state index contributed by atoms with van der Waals surface area (Å²) in [6.45, 7) is -0.505. The number of nitrogens with zero attached hydrogens (tertiary/aromatic N) is 2. The molecular formula is C24H25F3N4O4S2. The van der Waals surface area contributed by atoms with Crippen LogP contribution in [0, 0.1) is 5.41 Å². The summed E-state index contributed by atoms with van der Waals surface area (Å²) in [7, 11) is 0.0762.